The number of fused-ring (bicyclic) bond motifs is 1. The van der Waals surface area contributed by atoms with Crippen molar-refractivity contribution in [3.05, 3.63) is 70.6 Å². The first kappa shape index (κ1) is 22.4. The van der Waals surface area contributed by atoms with Crippen molar-refractivity contribution in [2.45, 2.75) is 19.5 Å². The van der Waals surface area contributed by atoms with E-state index < -0.39 is 23.8 Å². The predicted molar refractivity (Wildman–Crippen MR) is 129 cm³/mol. The highest BCUT2D eigenvalue weighted by molar-refractivity contribution is 7.16. The first-order valence-corrected chi connectivity index (χ1v) is 12.0. The average Bonchev–Trinajstić information content (AvgIpc) is 3.37. The Bertz CT molecular complexity index is 1200. The molecular formula is C25H24N4O4S. The van der Waals surface area contributed by atoms with Gasteiger partial charge in [-0.25, -0.2) is 4.98 Å². The molecule has 1 aromatic heterocycles. The summed E-state index contributed by atoms with van der Waals surface area (Å²) in [5, 5.41) is 3.27. The summed E-state index contributed by atoms with van der Waals surface area (Å²) in [4.78, 5) is 47.7. The molecule has 174 valence electrons. The third-order valence-corrected chi connectivity index (χ3v) is 6.99. The molecule has 8 nitrogen and oxygen atoms in total. The smallest absolute Gasteiger partial charge is 0.262 e. The van der Waals surface area contributed by atoms with E-state index in [2.05, 4.69) is 10.2 Å². The van der Waals surface area contributed by atoms with Crippen LogP contribution in [0.25, 0.3) is 11.3 Å². The van der Waals surface area contributed by atoms with Crippen LogP contribution in [0.5, 0.6) is 0 Å². The maximum absolute atomic E-state index is 13.1. The topological polar surface area (TPSA) is 91.8 Å². The molecular weight excluding hydrogens is 452 g/mol. The van der Waals surface area contributed by atoms with Gasteiger partial charge < -0.3 is 10.1 Å². The molecule has 0 radical (unpaired) electrons. The van der Waals surface area contributed by atoms with Crippen molar-refractivity contribution in [2.24, 2.45) is 0 Å². The van der Waals surface area contributed by atoms with Gasteiger partial charge in [0.25, 0.3) is 11.8 Å². The highest BCUT2D eigenvalue weighted by atomic mass is 32.1. The minimum atomic E-state index is -0.973. The third kappa shape index (κ3) is 4.25. The molecule has 9 heteroatoms. The fraction of sp³-hybridized carbons (Fsp3) is 0.280. The number of morpholine rings is 1. The van der Waals surface area contributed by atoms with E-state index in [1.807, 2.05) is 30.3 Å². The molecule has 1 saturated heterocycles. The first-order chi connectivity index (χ1) is 16.5. The van der Waals surface area contributed by atoms with Crippen molar-refractivity contribution < 1.29 is 19.1 Å². The normalized spacial score (nSPS) is 17.0. The zero-order valence-corrected chi connectivity index (χ0v) is 19.5. The molecule has 2 aromatic carbocycles. The van der Waals surface area contributed by atoms with Crippen molar-refractivity contribution in [3.8, 4) is 11.3 Å². The average molecular weight is 477 g/mol. The van der Waals surface area contributed by atoms with Crippen LogP contribution in [-0.4, -0.2) is 64.9 Å². The number of nitrogens with zero attached hydrogens (tertiary/aromatic N) is 3. The Hall–Kier alpha value is -3.40. The van der Waals surface area contributed by atoms with Crippen LogP contribution in [-0.2, 0) is 16.1 Å². The first-order valence-electron chi connectivity index (χ1n) is 11.2. The van der Waals surface area contributed by atoms with E-state index in [1.165, 1.54) is 11.3 Å². The highest BCUT2D eigenvalue weighted by Crippen LogP contribution is 2.33. The van der Waals surface area contributed by atoms with Crippen LogP contribution in [0, 0.1) is 0 Å². The van der Waals surface area contributed by atoms with Crippen LogP contribution in [0.4, 0.5) is 5.13 Å². The van der Waals surface area contributed by atoms with E-state index in [4.69, 9.17) is 9.72 Å². The number of thiazole rings is 1. The van der Waals surface area contributed by atoms with Crippen LogP contribution >= 0.6 is 11.3 Å². The van der Waals surface area contributed by atoms with Gasteiger partial charge >= 0.3 is 0 Å². The lowest BCUT2D eigenvalue weighted by atomic mass is 10.1. The summed E-state index contributed by atoms with van der Waals surface area (Å²) in [7, 11) is 0. The van der Waals surface area contributed by atoms with Gasteiger partial charge in [-0.05, 0) is 19.1 Å². The largest absolute Gasteiger partial charge is 0.379 e. The fourth-order valence-electron chi connectivity index (χ4n) is 4.18. The number of hydrogen-bond acceptors (Lipinski definition) is 7. The van der Waals surface area contributed by atoms with Gasteiger partial charge in [-0.15, -0.1) is 0 Å². The number of rotatable bonds is 6. The molecule has 1 atom stereocenters. The number of carbonyl (C=O) groups excluding carboxylic acids is 3. The van der Waals surface area contributed by atoms with E-state index in [9.17, 15) is 14.4 Å². The Morgan fingerprint density at radius 2 is 1.65 bits per heavy atom. The molecule has 3 heterocycles. The van der Waals surface area contributed by atoms with Gasteiger partial charge in [0, 0.05) is 30.1 Å². The maximum Gasteiger partial charge on any atom is 0.262 e. The molecule has 0 aliphatic carbocycles. The van der Waals surface area contributed by atoms with Gasteiger partial charge in [-0.2, -0.15) is 0 Å². The molecule has 1 unspecified atom stereocenters. The Morgan fingerprint density at radius 1 is 1.03 bits per heavy atom. The zero-order chi connectivity index (χ0) is 23.7. The monoisotopic (exact) mass is 476 g/mol. The van der Waals surface area contributed by atoms with Gasteiger partial charge in [0.15, 0.2) is 5.13 Å². The van der Waals surface area contributed by atoms with Crippen LogP contribution in [0.3, 0.4) is 0 Å². The number of imide groups is 1. The Morgan fingerprint density at radius 3 is 2.29 bits per heavy atom. The van der Waals surface area contributed by atoms with Crippen molar-refractivity contribution >= 4 is 34.2 Å². The van der Waals surface area contributed by atoms with Gasteiger partial charge in [-0.3, -0.25) is 24.2 Å². The van der Waals surface area contributed by atoms with Gasteiger partial charge in [0.1, 0.15) is 6.04 Å². The number of aromatic nitrogens is 1. The molecule has 2 aliphatic rings. The lowest BCUT2D eigenvalue weighted by Gasteiger charge is -2.26. The summed E-state index contributed by atoms with van der Waals surface area (Å²) in [5.74, 6) is -1.37. The van der Waals surface area contributed by atoms with E-state index in [-0.39, 0.29) is 0 Å². The van der Waals surface area contributed by atoms with Gasteiger partial charge in [0.05, 0.1) is 30.0 Å². The quantitative estimate of drug-likeness (QED) is 0.549. The SMILES string of the molecule is CC(C(=O)Nc1nc(-c2ccccc2)c(CN2CCOCC2)s1)N1C(=O)c2ccccc2C1=O. The number of ether oxygens (including phenoxy) is 1. The van der Waals surface area contributed by atoms with Crippen molar-refractivity contribution in [1.29, 1.82) is 0 Å². The second kappa shape index (κ2) is 9.46. The van der Waals surface area contributed by atoms with Crippen molar-refractivity contribution in [2.75, 3.05) is 31.6 Å². The number of benzene rings is 2. The van der Waals surface area contributed by atoms with Crippen LogP contribution in [0.15, 0.2) is 54.6 Å². The summed E-state index contributed by atoms with van der Waals surface area (Å²) in [6.45, 7) is 5.32. The fourth-order valence-corrected chi connectivity index (χ4v) is 5.21. The molecule has 0 bridgehead atoms. The van der Waals surface area contributed by atoms with Crippen LogP contribution < -0.4 is 5.32 Å². The van der Waals surface area contributed by atoms with Gasteiger partial charge in [0.2, 0.25) is 5.91 Å². The summed E-state index contributed by atoms with van der Waals surface area (Å²) >= 11 is 1.41. The van der Waals surface area contributed by atoms with Crippen molar-refractivity contribution in [1.82, 2.24) is 14.8 Å². The summed E-state index contributed by atoms with van der Waals surface area (Å²) in [5.41, 5.74) is 2.43. The molecule has 1 fully saturated rings. The van der Waals surface area contributed by atoms with Crippen molar-refractivity contribution in [3.63, 3.8) is 0 Å². The molecule has 34 heavy (non-hydrogen) atoms. The predicted octanol–water partition coefficient (Wildman–Crippen LogP) is 3.27. The van der Waals surface area contributed by atoms with E-state index in [0.29, 0.717) is 36.0 Å². The lowest BCUT2D eigenvalue weighted by molar-refractivity contribution is -0.119. The third-order valence-electron chi connectivity index (χ3n) is 6.04. The Balaban J connectivity index is 1.37. The maximum atomic E-state index is 13.1. The second-order valence-corrected chi connectivity index (χ2v) is 9.32. The number of carbonyl (C=O) groups is 3. The van der Waals surface area contributed by atoms with Crippen LogP contribution in [0.2, 0.25) is 0 Å². The number of nitrogens with one attached hydrogen (secondary N) is 1. The molecule has 1 N–H and O–H groups in total. The molecule has 3 amide bonds. The summed E-state index contributed by atoms with van der Waals surface area (Å²) in [6.07, 6.45) is 0. The van der Waals surface area contributed by atoms with E-state index >= 15 is 0 Å². The molecule has 0 spiro atoms. The molecule has 0 saturated carbocycles. The standard InChI is InChI=1S/C25H24N4O4S/c1-16(29-23(31)18-9-5-6-10-19(18)24(29)32)22(30)27-25-26-21(17-7-3-2-4-8-17)20(34-25)15-28-11-13-33-14-12-28/h2-10,16H,11-15H2,1H3,(H,26,27,30). The summed E-state index contributed by atoms with van der Waals surface area (Å²) in [6, 6.07) is 15.5. The second-order valence-electron chi connectivity index (χ2n) is 8.24. The van der Waals surface area contributed by atoms with E-state index in [0.717, 1.165) is 34.1 Å². The molecule has 3 aromatic rings. The minimum Gasteiger partial charge on any atom is -0.379 e. The number of anilines is 1. The Labute approximate surface area is 201 Å². The number of hydrogen-bond donors (Lipinski definition) is 1. The van der Waals surface area contributed by atoms with E-state index in [1.54, 1.807) is 31.2 Å². The molecule has 2 aliphatic heterocycles. The zero-order valence-electron chi connectivity index (χ0n) is 18.7. The number of amides is 3. The van der Waals surface area contributed by atoms with Crippen LogP contribution in [0.1, 0.15) is 32.5 Å². The summed E-state index contributed by atoms with van der Waals surface area (Å²) < 4.78 is 5.46. The lowest BCUT2D eigenvalue weighted by Crippen LogP contribution is -2.45. The Kier molecular flexibility index (Phi) is 6.23. The highest BCUT2D eigenvalue weighted by Gasteiger charge is 2.40. The van der Waals surface area contributed by atoms with Gasteiger partial charge in [-0.1, -0.05) is 53.8 Å². The molecule has 5 rings (SSSR count). The minimum absolute atomic E-state index is 0.320.